The zero-order valence-electron chi connectivity index (χ0n) is 12.3. The summed E-state index contributed by atoms with van der Waals surface area (Å²) in [6.07, 6.45) is 2.71. The van der Waals surface area contributed by atoms with Gasteiger partial charge in [0.15, 0.2) is 0 Å². The van der Waals surface area contributed by atoms with Crippen molar-refractivity contribution in [3.8, 4) is 5.88 Å². The van der Waals surface area contributed by atoms with Crippen molar-refractivity contribution in [3.05, 3.63) is 54.7 Å². The molecule has 0 aliphatic heterocycles. The van der Waals surface area contributed by atoms with Crippen LogP contribution in [0, 0.1) is 3.57 Å². The molecule has 1 aromatic carbocycles. The Kier molecular flexibility index (Phi) is 6.92. The van der Waals surface area contributed by atoms with E-state index in [0.29, 0.717) is 12.5 Å². The van der Waals surface area contributed by atoms with E-state index >= 15 is 0 Å². The van der Waals surface area contributed by atoms with Gasteiger partial charge in [0.1, 0.15) is 0 Å². The summed E-state index contributed by atoms with van der Waals surface area (Å²) in [5, 5.41) is 0.725. The second-order valence-corrected chi connectivity index (χ2v) is 7.33. The molecule has 0 radical (unpaired) electrons. The Morgan fingerprint density at radius 3 is 2.73 bits per heavy atom. The highest BCUT2D eigenvalue weighted by Crippen LogP contribution is 2.24. The molecule has 0 spiro atoms. The topological polar surface area (TPSA) is 31.4 Å². The maximum atomic E-state index is 5.96. The SMILES string of the molecule is COc1cc(I)c(CO[C@H](C)Cc2ccc(Cl)cc2Br)cn1. The fourth-order valence-electron chi connectivity index (χ4n) is 1.95. The van der Waals surface area contributed by atoms with Crippen LogP contribution < -0.4 is 4.74 Å². The molecule has 1 aromatic heterocycles. The average molecular weight is 497 g/mol. The molecule has 22 heavy (non-hydrogen) atoms. The fraction of sp³-hybridized carbons (Fsp3) is 0.312. The Morgan fingerprint density at radius 1 is 1.32 bits per heavy atom. The van der Waals surface area contributed by atoms with Gasteiger partial charge in [0, 0.05) is 30.9 Å². The molecule has 2 aromatic rings. The molecule has 118 valence electrons. The van der Waals surface area contributed by atoms with Crippen molar-refractivity contribution in [1.29, 1.82) is 0 Å². The third-order valence-electron chi connectivity index (χ3n) is 3.16. The Morgan fingerprint density at radius 2 is 2.09 bits per heavy atom. The smallest absolute Gasteiger partial charge is 0.213 e. The highest BCUT2D eigenvalue weighted by Gasteiger charge is 2.10. The van der Waals surface area contributed by atoms with E-state index < -0.39 is 0 Å². The summed E-state index contributed by atoms with van der Waals surface area (Å²) in [5.74, 6) is 0.617. The van der Waals surface area contributed by atoms with Crippen molar-refractivity contribution in [2.45, 2.75) is 26.1 Å². The van der Waals surface area contributed by atoms with Gasteiger partial charge in [-0.15, -0.1) is 0 Å². The van der Waals surface area contributed by atoms with Gasteiger partial charge in [-0.2, -0.15) is 0 Å². The van der Waals surface area contributed by atoms with Crippen LogP contribution in [0.15, 0.2) is 34.9 Å². The van der Waals surface area contributed by atoms with Crippen LogP contribution in [0.3, 0.4) is 0 Å². The zero-order chi connectivity index (χ0) is 16.1. The number of nitrogens with zero attached hydrogens (tertiary/aromatic N) is 1. The van der Waals surface area contributed by atoms with E-state index in [9.17, 15) is 0 Å². The van der Waals surface area contributed by atoms with Gasteiger partial charge in [-0.05, 0) is 53.6 Å². The van der Waals surface area contributed by atoms with Gasteiger partial charge in [0.25, 0.3) is 0 Å². The first kappa shape index (κ1) is 18.0. The molecule has 0 bridgehead atoms. The van der Waals surface area contributed by atoms with Crippen molar-refractivity contribution in [2.75, 3.05) is 7.11 Å². The van der Waals surface area contributed by atoms with Gasteiger partial charge in [0.2, 0.25) is 5.88 Å². The first-order chi connectivity index (χ1) is 10.5. The van der Waals surface area contributed by atoms with Crippen LogP contribution in [0.2, 0.25) is 5.02 Å². The van der Waals surface area contributed by atoms with E-state index in [1.54, 1.807) is 13.3 Å². The minimum absolute atomic E-state index is 0.0929. The van der Waals surface area contributed by atoms with Gasteiger partial charge in [0.05, 0.1) is 19.8 Å². The summed E-state index contributed by atoms with van der Waals surface area (Å²) in [6.45, 7) is 2.59. The van der Waals surface area contributed by atoms with Crippen molar-refractivity contribution >= 4 is 50.1 Å². The second-order valence-electron chi connectivity index (χ2n) is 4.88. The Labute approximate surface area is 157 Å². The number of halogens is 3. The molecule has 6 heteroatoms. The fourth-order valence-corrected chi connectivity index (χ4v) is 3.35. The first-order valence-electron chi connectivity index (χ1n) is 6.73. The lowest BCUT2D eigenvalue weighted by Crippen LogP contribution is -2.12. The van der Waals surface area contributed by atoms with Crippen LogP contribution in [0.25, 0.3) is 0 Å². The maximum absolute atomic E-state index is 5.96. The van der Waals surface area contributed by atoms with Crippen molar-refractivity contribution in [3.63, 3.8) is 0 Å². The molecule has 1 atom stereocenters. The number of benzene rings is 1. The summed E-state index contributed by atoms with van der Waals surface area (Å²) in [5.41, 5.74) is 2.24. The molecule has 0 unspecified atom stereocenters. The van der Waals surface area contributed by atoms with E-state index in [2.05, 4.69) is 50.4 Å². The maximum Gasteiger partial charge on any atom is 0.213 e. The van der Waals surface area contributed by atoms with E-state index in [1.165, 1.54) is 5.56 Å². The summed E-state index contributed by atoms with van der Waals surface area (Å²) >= 11 is 11.8. The van der Waals surface area contributed by atoms with E-state index in [4.69, 9.17) is 21.1 Å². The third-order valence-corrected chi connectivity index (χ3v) is 5.14. The number of hydrogen-bond donors (Lipinski definition) is 0. The minimum Gasteiger partial charge on any atom is -0.481 e. The summed E-state index contributed by atoms with van der Waals surface area (Å²) in [4.78, 5) is 4.21. The number of aromatic nitrogens is 1. The Hall–Kier alpha value is -0.370. The van der Waals surface area contributed by atoms with Gasteiger partial charge in [-0.3, -0.25) is 0 Å². The lowest BCUT2D eigenvalue weighted by atomic mass is 10.1. The lowest BCUT2D eigenvalue weighted by molar-refractivity contribution is 0.0528. The van der Waals surface area contributed by atoms with E-state index in [-0.39, 0.29) is 6.10 Å². The predicted octanol–water partition coefficient (Wildman–Crippen LogP) is 5.26. The third kappa shape index (κ3) is 5.08. The second kappa shape index (κ2) is 8.47. The molecule has 0 saturated carbocycles. The molecule has 0 N–H and O–H groups in total. The molecule has 0 aliphatic carbocycles. The molecular weight excluding hydrogens is 480 g/mol. The Bertz CT molecular complexity index is 654. The monoisotopic (exact) mass is 495 g/mol. The number of ether oxygens (including phenoxy) is 2. The van der Waals surface area contributed by atoms with Crippen LogP contribution >= 0.6 is 50.1 Å². The van der Waals surface area contributed by atoms with Crippen molar-refractivity contribution in [2.24, 2.45) is 0 Å². The highest BCUT2D eigenvalue weighted by atomic mass is 127. The molecule has 2 rings (SSSR count). The summed E-state index contributed by atoms with van der Waals surface area (Å²) < 4.78 is 13.1. The Balaban J connectivity index is 1.94. The van der Waals surface area contributed by atoms with Gasteiger partial charge < -0.3 is 9.47 Å². The predicted molar refractivity (Wildman–Crippen MR) is 101 cm³/mol. The normalized spacial score (nSPS) is 12.2. The quantitative estimate of drug-likeness (QED) is 0.512. The van der Waals surface area contributed by atoms with Crippen LogP contribution in [-0.4, -0.2) is 18.2 Å². The zero-order valence-corrected chi connectivity index (χ0v) is 16.8. The average Bonchev–Trinajstić information content (AvgIpc) is 2.48. The van der Waals surface area contributed by atoms with Crippen LogP contribution in [0.1, 0.15) is 18.1 Å². The molecule has 0 fully saturated rings. The van der Waals surface area contributed by atoms with Gasteiger partial charge >= 0.3 is 0 Å². The molecule has 0 saturated heterocycles. The highest BCUT2D eigenvalue weighted by molar-refractivity contribution is 14.1. The summed E-state index contributed by atoms with van der Waals surface area (Å²) in [6, 6.07) is 7.72. The van der Waals surface area contributed by atoms with Gasteiger partial charge in [-0.25, -0.2) is 4.98 Å². The number of hydrogen-bond acceptors (Lipinski definition) is 3. The van der Waals surface area contributed by atoms with Gasteiger partial charge in [-0.1, -0.05) is 33.6 Å². The molecule has 0 amide bonds. The molecule has 3 nitrogen and oxygen atoms in total. The first-order valence-corrected chi connectivity index (χ1v) is 8.98. The molecule has 1 heterocycles. The molecule has 0 aliphatic rings. The van der Waals surface area contributed by atoms with Crippen molar-refractivity contribution < 1.29 is 9.47 Å². The standard InChI is InChI=1S/C16H16BrClINO2/c1-10(5-11-3-4-13(18)6-14(11)17)22-9-12-8-20-16(21-2)7-15(12)19/h3-4,6-8,10H,5,9H2,1-2H3/t10-/m1/s1. The molecular formula is C16H16BrClINO2. The van der Waals surface area contributed by atoms with Crippen LogP contribution in [-0.2, 0) is 17.8 Å². The van der Waals surface area contributed by atoms with Crippen LogP contribution in [0.4, 0.5) is 0 Å². The van der Waals surface area contributed by atoms with E-state index in [1.807, 2.05) is 24.3 Å². The van der Waals surface area contributed by atoms with E-state index in [0.717, 1.165) is 25.0 Å². The van der Waals surface area contributed by atoms with Crippen molar-refractivity contribution in [1.82, 2.24) is 4.98 Å². The lowest BCUT2D eigenvalue weighted by Gasteiger charge is -2.15. The van der Waals surface area contributed by atoms with Crippen LogP contribution in [0.5, 0.6) is 5.88 Å². The summed E-state index contributed by atoms with van der Waals surface area (Å²) in [7, 11) is 1.61. The number of rotatable bonds is 6. The number of pyridine rings is 1. The number of methoxy groups -OCH3 is 1. The minimum atomic E-state index is 0.0929. The largest absolute Gasteiger partial charge is 0.481 e.